The Balaban J connectivity index is 2.68. The molecule has 0 atom stereocenters. The highest BCUT2D eigenvalue weighted by Crippen LogP contribution is 2.15. The molecule has 0 aliphatic heterocycles. The van der Waals surface area contributed by atoms with E-state index in [1.165, 1.54) is 5.56 Å². The highest BCUT2D eigenvalue weighted by molar-refractivity contribution is 5.45. The van der Waals surface area contributed by atoms with Crippen molar-refractivity contribution in [2.45, 2.75) is 34.2 Å². The van der Waals surface area contributed by atoms with Gasteiger partial charge in [0.1, 0.15) is 5.82 Å². The van der Waals surface area contributed by atoms with E-state index in [0.29, 0.717) is 11.7 Å². The number of anilines is 1. The molecule has 0 aliphatic rings. The van der Waals surface area contributed by atoms with Crippen LogP contribution >= 0.6 is 0 Å². The molecule has 0 spiro atoms. The van der Waals surface area contributed by atoms with Gasteiger partial charge in [-0.15, -0.1) is 0 Å². The Labute approximate surface area is 92.1 Å². The average Bonchev–Trinajstić information content (AvgIpc) is 2.08. The maximum absolute atomic E-state index is 5.89. The zero-order chi connectivity index (χ0) is 11.4. The Kier molecular flexibility index (Phi) is 4.09. The minimum atomic E-state index is 0.656. The monoisotopic (exact) mass is 207 g/mol. The Bertz CT molecular complexity index is 309. The number of pyridine rings is 1. The minimum absolute atomic E-state index is 0.656. The summed E-state index contributed by atoms with van der Waals surface area (Å²) in [4.78, 5) is 4.27. The molecule has 15 heavy (non-hydrogen) atoms. The van der Waals surface area contributed by atoms with Crippen molar-refractivity contribution in [3.63, 3.8) is 0 Å². The number of nitrogens with one attached hydrogen (secondary N) is 1. The summed E-state index contributed by atoms with van der Waals surface area (Å²) in [5.41, 5.74) is 9.22. The van der Waals surface area contributed by atoms with Gasteiger partial charge in [-0.2, -0.15) is 0 Å². The van der Waals surface area contributed by atoms with Crippen molar-refractivity contribution in [2.24, 2.45) is 5.92 Å². The second-order valence-electron chi connectivity index (χ2n) is 4.47. The molecule has 0 amide bonds. The van der Waals surface area contributed by atoms with Crippen molar-refractivity contribution in [3.05, 3.63) is 22.9 Å². The van der Waals surface area contributed by atoms with E-state index in [-0.39, 0.29) is 0 Å². The second kappa shape index (κ2) is 5.12. The topological polar surface area (TPSA) is 50.9 Å². The van der Waals surface area contributed by atoms with Gasteiger partial charge in [0.2, 0.25) is 0 Å². The first-order valence-electron chi connectivity index (χ1n) is 5.44. The third kappa shape index (κ3) is 3.51. The molecular weight excluding hydrogens is 186 g/mol. The smallest absolute Gasteiger partial charge is 0.128 e. The first-order valence-corrected chi connectivity index (χ1v) is 5.44. The number of rotatable bonds is 4. The molecule has 0 fully saturated rings. The number of aryl methyl sites for hydroxylation is 2. The van der Waals surface area contributed by atoms with E-state index >= 15 is 0 Å². The molecule has 0 saturated carbocycles. The molecular formula is C12H21N3. The highest BCUT2D eigenvalue weighted by Gasteiger charge is 2.05. The summed E-state index contributed by atoms with van der Waals surface area (Å²) in [5.74, 6) is 1.31. The molecule has 3 N–H and O–H groups in total. The molecule has 0 saturated heterocycles. The molecule has 0 aliphatic carbocycles. The Morgan fingerprint density at radius 2 is 2.07 bits per heavy atom. The van der Waals surface area contributed by atoms with Crippen LogP contribution in [-0.2, 0) is 6.54 Å². The summed E-state index contributed by atoms with van der Waals surface area (Å²) in [6, 6.07) is 2.07. The average molecular weight is 207 g/mol. The second-order valence-corrected chi connectivity index (χ2v) is 4.47. The molecule has 0 unspecified atom stereocenters. The van der Waals surface area contributed by atoms with Crippen LogP contribution in [0.4, 0.5) is 5.82 Å². The minimum Gasteiger partial charge on any atom is -0.383 e. The number of nitrogens with zero attached hydrogens (tertiary/aromatic N) is 1. The molecule has 3 nitrogen and oxygen atoms in total. The van der Waals surface area contributed by atoms with Gasteiger partial charge in [-0.05, 0) is 37.9 Å². The fourth-order valence-corrected chi connectivity index (χ4v) is 1.61. The zero-order valence-electron chi connectivity index (χ0n) is 10.1. The third-order valence-electron chi connectivity index (χ3n) is 2.36. The maximum atomic E-state index is 5.89. The van der Waals surface area contributed by atoms with E-state index in [9.17, 15) is 0 Å². The number of hydrogen-bond acceptors (Lipinski definition) is 3. The number of hydrogen-bond donors (Lipinski definition) is 2. The van der Waals surface area contributed by atoms with Crippen molar-refractivity contribution in [1.82, 2.24) is 10.3 Å². The zero-order valence-corrected chi connectivity index (χ0v) is 10.1. The van der Waals surface area contributed by atoms with Gasteiger partial charge in [0.25, 0.3) is 0 Å². The summed E-state index contributed by atoms with van der Waals surface area (Å²) in [7, 11) is 0. The first-order chi connectivity index (χ1) is 7.00. The van der Waals surface area contributed by atoms with Crippen molar-refractivity contribution in [1.29, 1.82) is 0 Å². The van der Waals surface area contributed by atoms with Crippen LogP contribution < -0.4 is 11.1 Å². The Morgan fingerprint density at radius 3 is 2.60 bits per heavy atom. The SMILES string of the molecule is Cc1cc(C)c(CNCC(C)C)c(N)n1. The predicted octanol–water partition coefficient (Wildman–Crippen LogP) is 2.03. The van der Waals surface area contributed by atoms with Gasteiger partial charge >= 0.3 is 0 Å². The van der Waals surface area contributed by atoms with E-state index in [0.717, 1.165) is 24.3 Å². The number of nitrogen functional groups attached to an aromatic ring is 1. The van der Waals surface area contributed by atoms with Crippen LogP contribution in [0.25, 0.3) is 0 Å². The lowest BCUT2D eigenvalue weighted by Crippen LogP contribution is -2.20. The Morgan fingerprint density at radius 1 is 1.40 bits per heavy atom. The van der Waals surface area contributed by atoms with Gasteiger partial charge in [-0.3, -0.25) is 0 Å². The summed E-state index contributed by atoms with van der Waals surface area (Å²) < 4.78 is 0. The van der Waals surface area contributed by atoms with E-state index in [1.807, 2.05) is 6.92 Å². The predicted molar refractivity (Wildman–Crippen MR) is 64.7 cm³/mol. The van der Waals surface area contributed by atoms with Crippen LogP contribution in [0.2, 0.25) is 0 Å². The van der Waals surface area contributed by atoms with E-state index in [1.54, 1.807) is 0 Å². The van der Waals surface area contributed by atoms with Crippen LogP contribution in [0.15, 0.2) is 6.07 Å². The van der Waals surface area contributed by atoms with E-state index < -0.39 is 0 Å². The molecule has 1 aromatic heterocycles. The summed E-state index contributed by atoms with van der Waals surface area (Å²) in [6.07, 6.45) is 0. The van der Waals surface area contributed by atoms with E-state index in [2.05, 4.69) is 37.1 Å². The van der Waals surface area contributed by atoms with Crippen LogP contribution in [0.5, 0.6) is 0 Å². The van der Waals surface area contributed by atoms with Gasteiger partial charge in [0.05, 0.1) is 0 Å². The quantitative estimate of drug-likeness (QED) is 0.794. The summed E-state index contributed by atoms with van der Waals surface area (Å²) in [5, 5.41) is 3.38. The molecule has 1 heterocycles. The van der Waals surface area contributed by atoms with Gasteiger partial charge in [0.15, 0.2) is 0 Å². The van der Waals surface area contributed by atoms with Gasteiger partial charge in [-0.25, -0.2) is 4.98 Å². The maximum Gasteiger partial charge on any atom is 0.128 e. The van der Waals surface area contributed by atoms with Crippen molar-refractivity contribution in [2.75, 3.05) is 12.3 Å². The van der Waals surface area contributed by atoms with Crippen molar-refractivity contribution >= 4 is 5.82 Å². The number of aromatic nitrogens is 1. The van der Waals surface area contributed by atoms with Crippen molar-refractivity contribution < 1.29 is 0 Å². The molecule has 0 bridgehead atoms. The molecule has 84 valence electrons. The molecule has 1 aromatic rings. The molecule has 0 aromatic carbocycles. The fourth-order valence-electron chi connectivity index (χ4n) is 1.61. The lowest BCUT2D eigenvalue weighted by molar-refractivity contribution is 0.551. The van der Waals surface area contributed by atoms with Gasteiger partial charge in [0, 0.05) is 17.8 Å². The summed E-state index contributed by atoms with van der Waals surface area (Å²) in [6.45, 7) is 10.2. The lowest BCUT2D eigenvalue weighted by Gasteiger charge is -2.12. The first kappa shape index (κ1) is 12.0. The molecule has 0 radical (unpaired) electrons. The van der Waals surface area contributed by atoms with E-state index in [4.69, 9.17) is 5.73 Å². The van der Waals surface area contributed by atoms with Crippen LogP contribution in [0.3, 0.4) is 0 Å². The third-order valence-corrected chi connectivity index (χ3v) is 2.36. The van der Waals surface area contributed by atoms with Gasteiger partial charge < -0.3 is 11.1 Å². The standard InChI is InChI=1S/C12H21N3/c1-8(2)6-14-7-11-9(3)5-10(4)15-12(11)13/h5,8,14H,6-7H2,1-4H3,(H2,13,15). The normalized spacial score (nSPS) is 11.0. The summed E-state index contributed by atoms with van der Waals surface area (Å²) >= 11 is 0. The Hall–Kier alpha value is -1.09. The van der Waals surface area contributed by atoms with Crippen LogP contribution in [-0.4, -0.2) is 11.5 Å². The van der Waals surface area contributed by atoms with Crippen LogP contribution in [0.1, 0.15) is 30.7 Å². The highest BCUT2D eigenvalue weighted by atomic mass is 14.9. The van der Waals surface area contributed by atoms with Crippen LogP contribution in [0, 0.1) is 19.8 Å². The fraction of sp³-hybridized carbons (Fsp3) is 0.583. The largest absolute Gasteiger partial charge is 0.383 e. The lowest BCUT2D eigenvalue weighted by atomic mass is 10.1. The molecule has 1 rings (SSSR count). The molecule has 3 heteroatoms. The van der Waals surface area contributed by atoms with Gasteiger partial charge in [-0.1, -0.05) is 13.8 Å². The number of nitrogens with two attached hydrogens (primary N) is 1. The van der Waals surface area contributed by atoms with Crippen molar-refractivity contribution in [3.8, 4) is 0 Å².